The molecule has 1 aromatic carbocycles. The van der Waals surface area contributed by atoms with Gasteiger partial charge < -0.3 is 4.90 Å². The molecule has 1 aromatic heterocycles. The van der Waals surface area contributed by atoms with E-state index in [0.29, 0.717) is 21.6 Å². The van der Waals surface area contributed by atoms with Gasteiger partial charge in [-0.1, -0.05) is 36.4 Å². The zero-order valence-electron chi connectivity index (χ0n) is 11.3. The number of hydrogen-bond donors (Lipinski definition) is 1. The molecule has 0 atom stereocenters. The normalized spacial score (nSPS) is 10.4. The molecule has 2 rings (SSSR count). The highest BCUT2D eigenvalue weighted by Crippen LogP contribution is 2.30. The van der Waals surface area contributed by atoms with Crippen LogP contribution >= 0.6 is 23.5 Å². The molecule has 6 heteroatoms. The van der Waals surface area contributed by atoms with Crippen LogP contribution in [0.1, 0.15) is 5.69 Å². The first kappa shape index (κ1) is 14.8. The molecule has 0 saturated carbocycles. The van der Waals surface area contributed by atoms with E-state index in [4.69, 9.17) is 16.7 Å². The summed E-state index contributed by atoms with van der Waals surface area (Å²) in [5, 5.41) is 6.21. The predicted octanol–water partition coefficient (Wildman–Crippen LogP) is 3.44. The van der Waals surface area contributed by atoms with Crippen molar-refractivity contribution in [3.63, 3.8) is 0 Å². The van der Waals surface area contributed by atoms with Crippen molar-refractivity contribution < 1.29 is 0 Å². The van der Waals surface area contributed by atoms with Crippen molar-refractivity contribution in [2.45, 2.75) is 0 Å². The van der Waals surface area contributed by atoms with Gasteiger partial charge in [0.15, 0.2) is 0 Å². The number of halogens is 1. The van der Waals surface area contributed by atoms with Crippen molar-refractivity contribution in [1.29, 1.82) is 0 Å². The largest absolute Gasteiger partial charge is 0.347 e. The number of benzene rings is 1. The summed E-state index contributed by atoms with van der Waals surface area (Å²) in [5.74, 6) is 0.590. The lowest BCUT2D eigenvalue weighted by atomic mass is 10.1. The van der Waals surface area contributed by atoms with E-state index < -0.39 is 0 Å². The monoisotopic (exact) mass is 306 g/mol. The highest BCUT2D eigenvalue weighted by molar-refractivity contribution is 8.06. The molecule has 0 bridgehead atoms. The van der Waals surface area contributed by atoms with Crippen molar-refractivity contribution in [3.8, 4) is 11.3 Å². The van der Waals surface area contributed by atoms with E-state index in [1.807, 2.05) is 49.3 Å². The van der Waals surface area contributed by atoms with Crippen LogP contribution in [0.15, 0.2) is 36.9 Å². The van der Waals surface area contributed by atoms with Crippen LogP contribution in [0.5, 0.6) is 0 Å². The van der Waals surface area contributed by atoms with Gasteiger partial charge in [-0.15, -0.1) is 0 Å². The van der Waals surface area contributed by atoms with E-state index in [2.05, 4.69) is 16.5 Å². The second-order valence-corrected chi connectivity index (χ2v) is 5.49. The first-order chi connectivity index (χ1) is 9.52. The van der Waals surface area contributed by atoms with Crippen LogP contribution < -0.4 is 10.0 Å². The molecule has 2 N–H and O–H groups in total. The van der Waals surface area contributed by atoms with Gasteiger partial charge in [-0.05, 0) is 24.1 Å². The summed E-state index contributed by atoms with van der Waals surface area (Å²) < 4.78 is 0. The third kappa shape index (κ3) is 3.12. The third-order valence-electron chi connectivity index (χ3n) is 2.69. The molecular formula is C14H15ClN4S. The Labute approximate surface area is 127 Å². The molecule has 20 heavy (non-hydrogen) atoms. The van der Waals surface area contributed by atoms with Crippen molar-refractivity contribution in [1.82, 2.24) is 9.97 Å². The average Bonchev–Trinajstić information content (AvgIpc) is 2.46. The predicted molar refractivity (Wildman–Crippen MR) is 87.6 cm³/mol. The van der Waals surface area contributed by atoms with Crippen molar-refractivity contribution >= 4 is 34.4 Å². The molecular weight excluding hydrogens is 292 g/mol. The van der Waals surface area contributed by atoms with Gasteiger partial charge in [-0.2, -0.15) is 0 Å². The fraction of sp³-hybridized carbons (Fsp3) is 0.143. The second-order valence-electron chi connectivity index (χ2n) is 4.35. The third-order valence-corrected chi connectivity index (χ3v) is 3.52. The van der Waals surface area contributed by atoms with Gasteiger partial charge in [0.1, 0.15) is 0 Å². The second kappa shape index (κ2) is 6.26. The molecule has 0 aliphatic carbocycles. The Morgan fingerprint density at radius 2 is 2.00 bits per heavy atom. The van der Waals surface area contributed by atoms with E-state index in [1.165, 1.54) is 0 Å². The summed E-state index contributed by atoms with van der Waals surface area (Å²) in [4.78, 5) is 11.5. The van der Waals surface area contributed by atoms with Crippen molar-refractivity contribution in [2.75, 3.05) is 19.0 Å². The molecule has 0 aliphatic heterocycles. The zero-order valence-corrected chi connectivity index (χ0v) is 12.9. The quantitative estimate of drug-likeness (QED) is 0.877. The van der Waals surface area contributed by atoms with Crippen molar-refractivity contribution in [2.24, 2.45) is 5.14 Å². The zero-order chi connectivity index (χ0) is 14.7. The maximum absolute atomic E-state index is 6.23. The van der Waals surface area contributed by atoms with Gasteiger partial charge in [-0.25, -0.2) is 9.97 Å². The molecule has 0 radical (unpaired) electrons. The Hall–Kier alpha value is -1.56. The summed E-state index contributed by atoms with van der Waals surface area (Å²) in [5.41, 5.74) is 2.31. The molecule has 1 heterocycles. The summed E-state index contributed by atoms with van der Waals surface area (Å²) in [6, 6.07) is 9.41. The van der Waals surface area contributed by atoms with E-state index in [0.717, 1.165) is 23.2 Å². The highest BCUT2D eigenvalue weighted by atomic mass is 35.5. The Kier molecular flexibility index (Phi) is 4.65. The topological polar surface area (TPSA) is 55.0 Å². The number of nitrogens with two attached hydrogens (primary N) is 1. The minimum atomic E-state index is 0.590. The van der Waals surface area contributed by atoms with E-state index >= 15 is 0 Å². The molecule has 104 valence electrons. The molecule has 0 unspecified atom stereocenters. The SMILES string of the molecule is C=C(SN)c1cc(-c2ccccc2Cl)nc(N(C)C)n1. The maximum atomic E-state index is 6.23. The summed E-state index contributed by atoms with van der Waals surface area (Å²) in [6.07, 6.45) is 0. The lowest BCUT2D eigenvalue weighted by molar-refractivity contribution is 0.996. The Morgan fingerprint density at radius 1 is 1.30 bits per heavy atom. The van der Waals surface area contributed by atoms with E-state index in [1.54, 1.807) is 0 Å². The van der Waals surface area contributed by atoms with E-state index in [-0.39, 0.29) is 0 Å². The van der Waals surface area contributed by atoms with Crippen LogP contribution in [0.4, 0.5) is 5.95 Å². The summed E-state index contributed by atoms with van der Waals surface area (Å²) in [6.45, 7) is 3.90. The minimum Gasteiger partial charge on any atom is -0.347 e. The molecule has 0 saturated heterocycles. The number of hydrogen-bond acceptors (Lipinski definition) is 5. The van der Waals surface area contributed by atoms with Crippen molar-refractivity contribution in [3.05, 3.63) is 47.6 Å². The standard InChI is InChI=1S/C14H15ClN4S/c1-9(20-16)12-8-13(18-14(17-12)19(2)3)10-6-4-5-7-11(10)15/h4-8H,1,16H2,2-3H3. The summed E-state index contributed by atoms with van der Waals surface area (Å²) in [7, 11) is 3.77. The fourth-order valence-corrected chi connectivity index (χ4v) is 2.10. The van der Waals surface area contributed by atoms with Crippen LogP contribution in [0, 0.1) is 0 Å². The molecule has 2 aromatic rings. The molecule has 4 nitrogen and oxygen atoms in total. The first-order valence-electron chi connectivity index (χ1n) is 5.90. The number of rotatable bonds is 4. The van der Waals surface area contributed by atoms with Crippen LogP contribution in [-0.4, -0.2) is 24.1 Å². The molecule has 0 spiro atoms. The Morgan fingerprint density at radius 3 is 2.60 bits per heavy atom. The van der Waals surface area contributed by atoms with Gasteiger partial charge in [0.05, 0.1) is 11.4 Å². The van der Waals surface area contributed by atoms with E-state index in [9.17, 15) is 0 Å². The van der Waals surface area contributed by atoms with Gasteiger partial charge in [0, 0.05) is 29.6 Å². The molecule has 0 fully saturated rings. The fourth-order valence-electron chi connectivity index (χ4n) is 1.64. The van der Waals surface area contributed by atoms with Gasteiger partial charge >= 0.3 is 0 Å². The Balaban J connectivity index is 2.61. The number of nitrogens with zero attached hydrogens (tertiary/aromatic N) is 3. The Bertz CT molecular complexity index is 643. The lowest BCUT2D eigenvalue weighted by Crippen LogP contribution is -2.14. The smallest absolute Gasteiger partial charge is 0.225 e. The number of anilines is 1. The van der Waals surface area contributed by atoms with Crippen LogP contribution in [-0.2, 0) is 0 Å². The lowest BCUT2D eigenvalue weighted by Gasteiger charge is -2.14. The minimum absolute atomic E-state index is 0.590. The van der Waals surface area contributed by atoms with Crippen LogP contribution in [0.2, 0.25) is 5.02 Å². The molecule has 0 aliphatic rings. The van der Waals surface area contributed by atoms with Gasteiger partial charge in [-0.3, -0.25) is 5.14 Å². The number of aromatic nitrogens is 2. The van der Waals surface area contributed by atoms with Gasteiger partial charge in [0.25, 0.3) is 0 Å². The first-order valence-corrected chi connectivity index (χ1v) is 7.16. The summed E-state index contributed by atoms with van der Waals surface area (Å²) >= 11 is 7.30. The van der Waals surface area contributed by atoms with Gasteiger partial charge in [0.2, 0.25) is 5.95 Å². The average molecular weight is 307 g/mol. The molecule has 0 amide bonds. The highest BCUT2D eigenvalue weighted by Gasteiger charge is 2.12. The van der Waals surface area contributed by atoms with Crippen LogP contribution in [0.25, 0.3) is 16.2 Å². The van der Waals surface area contributed by atoms with Crippen LogP contribution in [0.3, 0.4) is 0 Å². The maximum Gasteiger partial charge on any atom is 0.225 e.